The molecule has 25 heavy (non-hydrogen) atoms. The van der Waals surface area contributed by atoms with Crippen molar-refractivity contribution in [3.63, 3.8) is 0 Å². The van der Waals surface area contributed by atoms with Crippen molar-refractivity contribution in [1.29, 1.82) is 0 Å². The van der Waals surface area contributed by atoms with Gasteiger partial charge in [0, 0.05) is 7.05 Å². The highest BCUT2D eigenvalue weighted by atomic mass is 35.5. The number of imidazole rings is 1. The molecule has 0 spiro atoms. The van der Waals surface area contributed by atoms with Crippen molar-refractivity contribution in [3.05, 3.63) is 64.8 Å². The van der Waals surface area contributed by atoms with Gasteiger partial charge in [-0.1, -0.05) is 71.4 Å². The summed E-state index contributed by atoms with van der Waals surface area (Å²) in [7, 11) is 1.93. The molecule has 0 radical (unpaired) electrons. The molecule has 4 nitrogen and oxygen atoms in total. The Bertz CT molecular complexity index is 897. The number of anilines is 1. The van der Waals surface area contributed by atoms with E-state index in [1.165, 1.54) is 11.8 Å². The van der Waals surface area contributed by atoms with Gasteiger partial charge in [-0.2, -0.15) is 0 Å². The molecule has 0 fully saturated rings. The summed E-state index contributed by atoms with van der Waals surface area (Å²) >= 11 is 13.4. The molecular formula is C18H15Cl2N3OS. The number of nitrogens with zero attached hydrogens (tertiary/aromatic N) is 2. The van der Waals surface area contributed by atoms with E-state index >= 15 is 0 Å². The summed E-state index contributed by atoms with van der Waals surface area (Å²) in [6.07, 6.45) is 1.81. The van der Waals surface area contributed by atoms with Crippen LogP contribution in [0.4, 0.5) is 5.69 Å². The Balaban J connectivity index is 1.65. The fourth-order valence-electron chi connectivity index (χ4n) is 2.32. The standard InChI is InChI=1S/C18H15Cl2N3OS/c1-23-15(12-6-3-2-4-7-12)10-21-18(23)25-11-16(24)22-14-9-5-8-13(19)17(14)20/h2-10H,11H2,1H3,(H,22,24). The Morgan fingerprint density at radius 2 is 1.92 bits per heavy atom. The Kier molecular flexibility index (Phi) is 5.68. The number of halogens is 2. The van der Waals surface area contributed by atoms with Crippen molar-refractivity contribution in [2.24, 2.45) is 7.05 Å². The zero-order valence-electron chi connectivity index (χ0n) is 13.4. The van der Waals surface area contributed by atoms with E-state index in [1.54, 1.807) is 18.2 Å². The van der Waals surface area contributed by atoms with Crippen molar-refractivity contribution in [1.82, 2.24) is 9.55 Å². The van der Waals surface area contributed by atoms with Gasteiger partial charge < -0.3 is 9.88 Å². The van der Waals surface area contributed by atoms with Crippen LogP contribution in [0, 0.1) is 0 Å². The lowest BCUT2D eigenvalue weighted by Crippen LogP contribution is -2.14. The molecule has 0 aliphatic heterocycles. The molecule has 0 bridgehead atoms. The third-order valence-electron chi connectivity index (χ3n) is 3.57. The van der Waals surface area contributed by atoms with Crippen LogP contribution < -0.4 is 5.32 Å². The average molecular weight is 392 g/mol. The Morgan fingerprint density at radius 3 is 2.68 bits per heavy atom. The first-order valence-corrected chi connectivity index (χ1v) is 9.24. The molecule has 3 aromatic rings. The van der Waals surface area contributed by atoms with Crippen LogP contribution in [0.3, 0.4) is 0 Å². The highest BCUT2D eigenvalue weighted by Gasteiger charge is 2.12. The maximum atomic E-state index is 12.2. The SMILES string of the molecule is Cn1c(-c2ccccc2)cnc1SCC(=O)Nc1cccc(Cl)c1Cl. The maximum Gasteiger partial charge on any atom is 0.234 e. The zero-order chi connectivity index (χ0) is 17.8. The fourth-order valence-corrected chi connectivity index (χ4v) is 3.42. The van der Waals surface area contributed by atoms with Gasteiger partial charge in [-0.15, -0.1) is 0 Å². The van der Waals surface area contributed by atoms with Gasteiger partial charge in [0.1, 0.15) is 0 Å². The van der Waals surface area contributed by atoms with E-state index in [0.29, 0.717) is 15.7 Å². The third kappa shape index (κ3) is 4.18. The molecule has 1 aromatic heterocycles. The second-order valence-electron chi connectivity index (χ2n) is 5.29. The quantitative estimate of drug-likeness (QED) is 0.613. The van der Waals surface area contributed by atoms with Gasteiger partial charge in [0.05, 0.1) is 33.4 Å². The molecule has 1 N–H and O–H groups in total. The summed E-state index contributed by atoms with van der Waals surface area (Å²) in [6.45, 7) is 0. The van der Waals surface area contributed by atoms with Crippen LogP contribution >= 0.6 is 35.0 Å². The second kappa shape index (κ2) is 7.95. The van der Waals surface area contributed by atoms with E-state index in [0.717, 1.165) is 16.4 Å². The van der Waals surface area contributed by atoms with Crippen LogP contribution in [0.1, 0.15) is 0 Å². The number of nitrogens with one attached hydrogen (secondary N) is 1. The summed E-state index contributed by atoms with van der Waals surface area (Å²) in [4.78, 5) is 16.6. The van der Waals surface area contributed by atoms with E-state index in [9.17, 15) is 4.79 Å². The topological polar surface area (TPSA) is 46.9 Å². The summed E-state index contributed by atoms with van der Waals surface area (Å²) in [5.74, 6) is 0.0560. The first kappa shape index (κ1) is 17.9. The molecule has 0 saturated heterocycles. The van der Waals surface area contributed by atoms with E-state index in [-0.39, 0.29) is 11.7 Å². The van der Waals surface area contributed by atoms with Gasteiger partial charge in [-0.05, 0) is 17.7 Å². The summed E-state index contributed by atoms with van der Waals surface area (Å²) < 4.78 is 1.97. The molecular weight excluding hydrogens is 377 g/mol. The van der Waals surface area contributed by atoms with Crippen LogP contribution in [0.25, 0.3) is 11.3 Å². The van der Waals surface area contributed by atoms with Gasteiger partial charge in [-0.25, -0.2) is 4.98 Å². The second-order valence-corrected chi connectivity index (χ2v) is 7.02. The van der Waals surface area contributed by atoms with E-state index in [2.05, 4.69) is 10.3 Å². The molecule has 0 atom stereocenters. The van der Waals surface area contributed by atoms with Crippen LogP contribution in [0.2, 0.25) is 10.0 Å². The lowest BCUT2D eigenvalue weighted by molar-refractivity contribution is -0.113. The summed E-state index contributed by atoms with van der Waals surface area (Å²) in [5.41, 5.74) is 2.59. The van der Waals surface area contributed by atoms with Crippen molar-refractivity contribution in [2.75, 3.05) is 11.1 Å². The lowest BCUT2D eigenvalue weighted by atomic mass is 10.2. The van der Waals surface area contributed by atoms with Gasteiger partial charge in [0.15, 0.2) is 5.16 Å². The number of hydrogen-bond donors (Lipinski definition) is 1. The Morgan fingerprint density at radius 1 is 1.16 bits per heavy atom. The van der Waals surface area contributed by atoms with Crippen molar-refractivity contribution in [3.8, 4) is 11.3 Å². The fraction of sp³-hybridized carbons (Fsp3) is 0.111. The minimum absolute atomic E-state index is 0.168. The molecule has 0 aliphatic rings. The molecule has 128 valence electrons. The number of thioether (sulfide) groups is 1. The van der Waals surface area contributed by atoms with Crippen molar-refractivity contribution >= 4 is 46.6 Å². The third-order valence-corrected chi connectivity index (χ3v) is 5.44. The highest BCUT2D eigenvalue weighted by Crippen LogP contribution is 2.30. The number of aromatic nitrogens is 2. The van der Waals surface area contributed by atoms with Crippen molar-refractivity contribution < 1.29 is 4.79 Å². The molecule has 7 heteroatoms. The number of carbonyl (C=O) groups excluding carboxylic acids is 1. The van der Waals surface area contributed by atoms with Crippen LogP contribution in [0.15, 0.2) is 59.9 Å². The monoisotopic (exact) mass is 391 g/mol. The minimum atomic E-state index is -0.168. The zero-order valence-corrected chi connectivity index (χ0v) is 15.7. The Labute approximate surface area is 160 Å². The van der Waals surface area contributed by atoms with Crippen LogP contribution in [-0.2, 0) is 11.8 Å². The number of amides is 1. The first-order valence-electron chi connectivity index (χ1n) is 7.50. The first-order chi connectivity index (χ1) is 12.1. The minimum Gasteiger partial charge on any atom is -0.324 e. The van der Waals surface area contributed by atoms with Gasteiger partial charge in [0.25, 0.3) is 0 Å². The van der Waals surface area contributed by atoms with E-state index in [1.807, 2.05) is 48.1 Å². The number of carbonyl (C=O) groups is 1. The molecule has 3 rings (SSSR count). The van der Waals surface area contributed by atoms with Crippen LogP contribution in [0.5, 0.6) is 0 Å². The molecule has 1 heterocycles. The summed E-state index contributed by atoms with van der Waals surface area (Å²) in [5, 5.41) is 4.28. The molecule has 0 aliphatic carbocycles. The highest BCUT2D eigenvalue weighted by molar-refractivity contribution is 7.99. The Hall–Kier alpha value is -1.95. The number of rotatable bonds is 5. The van der Waals surface area contributed by atoms with E-state index < -0.39 is 0 Å². The smallest absolute Gasteiger partial charge is 0.234 e. The van der Waals surface area contributed by atoms with Crippen LogP contribution in [-0.4, -0.2) is 21.2 Å². The summed E-state index contributed by atoms with van der Waals surface area (Å²) in [6, 6.07) is 15.1. The number of hydrogen-bond acceptors (Lipinski definition) is 3. The van der Waals surface area contributed by atoms with E-state index in [4.69, 9.17) is 23.2 Å². The van der Waals surface area contributed by atoms with Crippen molar-refractivity contribution in [2.45, 2.75) is 5.16 Å². The predicted octanol–water partition coefficient (Wildman–Crippen LogP) is 5.12. The average Bonchev–Trinajstić information content (AvgIpc) is 2.99. The van der Waals surface area contributed by atoms with Gasteiger partial charge in [0.2, 0.25) is 5.91 Å². The predicted molar refractivity (Wildman–Crippen MR) is 104 cm³/mol. The number of benzene rings is 2. The normalized spacial score (nSPS) is 10.7. The molecule has 2 aromatic carbocycles. The van der Waals surface area contributed by atoms with Gasteiger partial charge >= 0.3 is 0 Å². The molecule has 1 amide bonds. The molecule has 0 saturated carbocycles. The molecule has 0 unspecified atom stereocenters. The largest absolute Gasteiger partial charge is 0.324 e. The van der Waals surface area contributed by atoms with Gasteiger partial charge in [-0.3, -0.25) is 4.79 Å². The lowest BCUT2D eigenvalue weighted by Gasteiger charge is -2.08. The maximum absolute atomic E-state index is 12.2.